The number of fused-ring (bicyclic) bond motifs is 2. The molecule has 0 spiro atoms. The summed E-state index contributed by atoms with van der Waals surface area (Å²) in [7, 11) is -1.55. The summed E-state index contributed by atoms with van der Waals surface area (Å²) in [6, 6.07) is 34.7. The number of hydrogen-bond acceptors (Lipinski definition) is 2. The Bertz CT molecular complexity index is 1340. The standard InChI is InChI=1S/C26H19BO2/c28-27(29)25-14-6-12-23(21-16-15-18-7-1-2-9-20(18)17-21)26(25)24-13-5-10-19-8-3-4-11-22(19)24/h1-17,28-29H. The predicted molar refractivity (Wildman–Crippen MR) is 122 cm³/mol. The zero-order chi connectivity index (χ0) is 19.8. The summed E-state index contributed by atoms with van der Waals surface area (Å²) in [5, 5.41) is 24.8. The maximum Gasteiger partial charge on any atom is 0.489 e. The predicted octanol–water partition coefficient (Wildman–Crippen LogP) is 5.01. The van der Waals surface area contributed by atoms with E-state index in [9.17, 15) is 10.0 Å². The summed E-state index contributed by atoms with van der Waals surface area (Å²) in [6.07, 6.45) is 0. The van der Waals surface area contributed by atoms with Crippen LogP contribution in [0.4, 0.5) is 0 Å². The van der Waals surface area contributed by atoms with E-state index in [4.69, 9.17) is 0 Å². The van der Waals surface area contributed by atoms with Crippen LogP contribution >= 0.6 is 0 Å². The highest BCUT2D eigenvalue weighted by molar-refractivity contribution is 6.61. The van der Waals surface area contributed by atoms with Crippen molar-refractivity contribution in [2.24, 2.45) is 0 Å². The maximum absolute atomic E-state index is 10.1. The van der Waals surface area contributed by atoms with E-state index < -0.39 is 7.12 Å². The van der Waals surface area contributed by atoms with E-state index in [-0.39, 0.29) is 0 Å². The van der Waals surface area contributed by atoms with Gasteiger partial charge in [-0.1, -0.05) is 97.1 Å². The fourth-order valence-corrected chi connectivity index (χ4v) is 4.13. The second kappa shape index (κ2) is 7.21. The second-order valence-corrected chi connectivity index (χ2v) is 7.23. The Morgan fingerprint density at radius 2 is 1.17 bits per heavy atom. The minimum Gasteiger partial charge on any atom is -0.423 e. The number of rotatable bonds is 3. The topological polar surface area (TPSA) is 40.5 Å². The van der Waals surface area contributed by atoms with Crippen molar-refractivity contribution < 1.29 is 10.0 Å². The van der Waals surface area contributed by atoms with E-state index in [0.29, 0.717) is 5.46 Å². The van der Waals surface area contributed by atoms with Crippen molar-refractivity contribution in [2.45, 2.75) is 0 Å². The summed E-state index contributed by atoms with van der Waals surface area (Å²) in [6.45, 7) is 0. The van der Waals surface area contributed by atoms with Gasteiger partial charge in [0.2, 0.25) is 0 Å². The van der Waals surface area contributed by atoms with Crippen LogP contribution in [0.3, 0.4) is 0 Å². The van der Waals surface area contributed by atoms with Gasteiger partial charge in [0, 0.05) is 0 Å². The van der Waals surface area contributed by atoms with Gasteiger partial charge in [-0.3, -0.25) is 0 Å². The molecule has 2 N–H and O–H groups in total. The summed E-state index contributed by atoms with van der Waals surface area (Å²) >= 11 is 0. The van der Waals surface area contributed by atoms with Gasteiger partial charge in [-0.15, -0.1) is 0 Å². The monoisotopic (exact) mass is 374 g/mol. The molecule has 0 fully saturated rings. The highest BCUT2D eigenvalue weighted by Gasteiger charge is 2.21. The second-order valence-electron chi connectivity index (χ2n) is 7.23. The van der Waals surface area contributed by atoms with Crippen LogP contribution in [0.2, 0.25) is 0 Å². The highest BCUT2D eigenvalue weighted by atomic mass is 16.4. The van der Waals surface area contributed by atoms with Gasteiger partial charge in [-0.2, -0.15) is 0 Å². The molecule has 0 bridgehead atoms. The molecule has 0 saturated carbocycles. The van der Waals surface area contributed by atoms with Gasteiger partial charge in [0.15, 0.2) is 0 Å². The SMILES string of the molecule is OB(O)c1cccc(-c2ccc3ccccc3c2)c1-c1cccc2ccccc12. The Balaban J connectivity index is 1.84. The van der Waals surface area contributed by atoms with Crippen LogP contribution in [0.15, 0.2) is 103 Å². The lowest BCUT2D eigenvalue weighted by Crippen LogP contribution is -2.32. The molecule has 0 aliphatic heterocycles. The first kappa shape index (κ1) is 17.7. The lowest BCUT2D eigenvalue weighted by molar-refractivity contribution is 0.426. The van der Waals surface area contributed by atoms with Crippen LogP contribution in [0.25, 0.3) is 43.8 Å². The first-order chi connectivity index (χ1) is 14.2. The van der Waals surface area contributed by atoms with Gasteiger partial charge < -0.3 is 10.0 Å². The van der Waals surface area contributed by atoms with Crippen molar-refractivity contribution in [1.29, 1.82) is 0 Å². The van der Waals surface area contributed by atoms with Crippen LogP contribution in [0.1, 0.15) is 0 Å². The molecule has 5 rings (SSSR count). The third-order valence-corrected chi connectivity index (χ3v) is 5.49. The zero-order valence-electron chi connectivity index (χ0n) is 15.8. The van der Waals surface area contributed by atoms with Gasteiger partial charge in [-0.05, 0) is 55.3 Å². The van der Waals surface area contributed by atoms with E-state index in [2.05, 4.69) is 48.5 Å². The molecule has 0 radical (unpaired) electrons. The number of benzene rings is 5. The Labute approximate surface area is 169 Å². The quantitative estimate of drug-likeness (QED) is 0.436. The largest absolute Gasteiger partial charge is 0.489 e. The van der Waals surface area contributed by atoms with E-state index >= 15 is 0 Å². The van der Waals surface area contributed by atoms with Crippen molar-refractivity contribution in [3.05, 3.63) is 103 Å². The van der Waals surface area contributed by atoms with Gasteiger partial charge in [-0.25, -0.2) is 0 Å². The van der Waals surface area contributed by atoms with Crippen LogP contribution in [-0.4, -0.2) is 17.2 Å². The fraction of sp³-hybridized carbons (Fsp3) is 0. The van der Waals surface area contributed by atoms with Gasteiger partial charge in [0.25, 0.3) is 0 Å². The molecule has 2 nitrogen and oxygen atoms in total. The van der Waals surface area contributed by atoms with E-state index in [1.807, 2.05) is 48.5 Å². The summed E-state index contributed by atoms with van der Waals surface area (Å²) in [5.41, 5.74) is 4.39. The minimum absolute atomic E-state index is 0.506. The van der Waals surface area contributed by atoms with Gasteiger partial charge in [0.05, 0.1) is 0 Å². The molecule has 0 aromatic heterocycles. The van der Waals surface area contributed by atoms with Crippen LogP contribution in [0.5, 0.6) is 0 Å². The molecule has 0 atom stereocenters. The van der Waals surface area contributed by atoms with E-state index in [0.717, 1.165) is 38.4 Å². The molecular formula is C26H19BO2. The van der Waals surface area contributed by atoms with E-state index in [1.54, 1.807) is 6.07 Å². The molecule has 3 heteroatoms. The molecule has 0 saturated heterocycles. The van der Waals surface area contributed by atoms with Gasteiger partial charge in [0.1, 0.15) is 0 Å². The van der Waals surface area contributed by atoms with Crippen LogP contribution < -0.4 is 5.46 Å². The summed E-state index contributed by atoms with van der Waals surface area (Å²) in [5.74, 6) is 0. The number of hydrogen-bond donors (Lipinski definition) is 2. The average Bonchev–Trinajstić information content (AvgIpc) is 2.78. The Morgan fingerprint density at radius 1 is 0.517 bits per heavy atom. The fourth-order valence-electron chi connectivity index (χ4n) is 4.13. The minimum atomic E-state index is -1.55. The van der Waals surface area contributed by atoms with E-state index in [1.165, 1.54) is 5.39 Å². The van der Waals surface area contributed by atoms with Crippen LogP contribution in [-0.2, 0) is 0 Å². The Kier molecular flexibility index (Phi) is 4.40. The average molecular weight is 374 g/mol. The Morgan fingerprint density at radius 3 is 2.00 bits per heavy atom. The Hall–Kier alpha value is -3.40. The van der Waals surface area contributed by atoms with Crippen molar-refractivity contribution in [3.63, 3.8) is 0 Å². The molecule has 29 heavy (non-hydrogen) atoms. The first-order valence-electron chi connectivity index (χ1n) is 9.69. The lowest BCUT2D eigenvalue weighted by Gasteiger charge is -2.17. The molecule has 0 aliphatic rings. The van der Waals surface area contributed by atoms with Crippen molar-refractivity contribution >= 4 is 34.1 Å². The molecule has 0 unspecified atom stereocenters. The normalized spacial score (nSPS) is 11.1. The molecule has 0 amide bonds. The third kappa shape index (κ3) is 3.11. The molecule has 5 aromatic carbocycles. The van der Waals surface area contributed by atoms with Crippen molar-refractivity contribution in [1.82, 2.24) is 0 Å². The molecular weight excluding hydrogens is 355 g/mol. The van der Waals surface area contributed by atoms with Crippen molar-refractivity contribution in [2.75, 3.05) is 0 Å². The maximum atomic E-state index is 10.1. The lowest BCUT2D eigenvalue weighted by atomic mass is 9.72. The third-order valence-electron chi connectivity index (χ3n) is 5.49. The smallest absolute Gasteiger partial charge is 0.423 e. The van der Waals surface area contributed by atoms with Crippen molar-refractivity contribution in [3.8, 4) is 22.3 Å². The molecule has 5 aromatic rings. The summed E-state index contributed by atoms with van der Waals surface area (Å²) < 4.78 is 0. The highest BCUT2D eigenvalue weighted by Crippen LogP contribution is 2.36. The zero-order valence-corrected chi connectivity index (χ0v) is 15.8. The molecule has 0 heterocycles. The van der Waals surface area contributed by atoms with Gasteiger partial charge >= 0.3 is 7.12 Å². The molecule has 138 valence electrons. The molecule has 0 aliphatic carbocycles. The van der Waals surface area contributed by atoms with Crippen LogP contribution in [0, 0.1) is 0 Å². The summed E-state index contributed by atoms with van der Waals surface area (Å²) in [4.78, 5) is 0. The first-order valence-corrected chi connectivity index (χ1v) is 9.69.